The summed E-state index contributed by atoms with van der Waals surface area (Å²) in [7, 11) is 0. The molecule has 102 valence electrons. The van der Waals surface area contributed by atoms with E-state index >= 15 is 0 Å². The maximum absolute atomic E-state index is 12.1. The molecule has 0 aliphatic rings. The Morgan fingerprint density at radius 2 is 1.83 bits per heavy atom. The fraction of sp³-hybridized carbons (Fsp3) is 0.538. The van der Waals surface area contributed by atoms with Gasteiger partial charge in [-0.1, -0.05) is 12.1 Å². The van der Waals surface area contributed by atoms with Crippen LogP contribution in [-0.4, -0.2) is 17.5 Å². The minimum atomic E-state index is -4.12. The first-order valence-corrected chi connectivity index (χ1v) is 6.68. The van der Waals surface area contributed by atoms with Gasteiger partial charge in [-0.05, 0) is 38.5 Å². The fourth-order valence-corrected chi connectivity index (χ4v) is 2.02. The Labute approximate surface area is 110 Å². The molecule has 0 atom stereocenters. The van der Waals surface area contributed by atoms with E-state index in [2.05, 4.69) is 26.1 Å². The van der Waals surface area contributed by atoms with Gasteiger partial charge in [0.2, 0.25) is 0 Å². The van der Waals surface area contributed by atoms with Crippen LogP contribution < -0.4 is 5.32 Å². The van der Waals surface area contributed by atoms with Crippen molar-refractivity contribution < 1.29 is 13.2 Å². The van der Waals surface area contributed by atoms with Crippen LogP contribution in [0.25, 0.3) is 0 Å². The van der Waals surface area contributed by atoms with Gasteiger partial charge in [0.05, 0.1) is 5.75 Å². The van der Waals surface area contributed by atoms with Gasteiger partial charge in [0.25, 0.3) is 0 Å². The van der Waals surface area contributed by atoms with E-state index in [0.717, 1.165) is 17.3 Å². The molecule has 0 aromatic heterocycles. The van der Waals surface area contributed by atoms with Crippen molar-refractivity contribution in [3.8, 4) is 0 Å². The second-order valence-electron chi connectivity index (χ2n) is 5.15. The highest BCUT2D eigenvalue weighted by molar-refractivity contribution is 7.99. The molecule has 0 saturated heterocycles. The molecule has 5 heteroatoms. The van der Waals surface area contributed by atoms with Gasteiger partial charge in [-0.2, -0.15) is 13.2 Å². The van der Waals surface area contributed by atoms with Crippen molar-refractivity contribution in [3.05, 3.63) is 29.8 Å². The predicted octanol–water partition coefficient (Wildman–Crippen LogP) is 4.23. The van der Waals surface area contributed by atoms with E-state index < -0.39 is 11.9 Å². The minimum Gasteiger partial charge on any atom is -0.308 e. The van der Waals surface area contributed by atoms with Gasteiger partial charge in [-0.25, -0.2) is 0 Å². The van der Waals surface area contributed by atoms with E-state index in [1.807, 2.05) is 6.07 Å². The number of hydrogen-bond acceptors (Lipinski definition) is 2. The van der Waals surface area contributed by atoms with Crippen LogP contribution in [0, 0.1) is 0 Å². The Morgan fingerprint density at radius 3 is 2.39 bits per heavy atom. The SMILES string of the molecule is CC(C)(C)NCc1cccc(SCC(F)(F)F)c1. The zero-order valence-electron chi connectivity index (χ0n) is 10.8. The maximum Gasteiger partial charge on any atom is 0.398 e. The normalized spacial score (nSPS) is 12.8. The maximum atomic E-state index is 12.1. The van der Waals surface area contributed by atoms with Crippen molar-refractivity contribution in [1.82, 2.24) is 5.32 Å². The molecule has 1 nitrogen and oxygen atoms in total. The van der Waals surface area contributed by atoms with Crippen LogP contribution >= 0.6 is 11.8 Å². The van der Waals surface area contributed by atoms with E-state index in [-0.39, 0.29) is 5.54 Å². The second kappa shape index (κ2) is 5.97. The van der Waals surface area contributed by atoms with Crippen molar-refractivity contribution in [3.63, 3.8) is 0 Å². The van der Waals surface area contributed by atoms with Gasteiger partial charge >= 0.3 is 6.18 Å². The first kappa shape index (κ1) is 15.4. The third-order valence-electron chi connectivity index (χ3n) is 2.12. The van der Waals surface area contributed by atoms with Crippen molar-refractivity contribution in [2.24, 2.45) is 0 Å². The Kier molecular flexibility index (Phi) is 5.10. The van der Waals surface area contributed by atoms with E-state index in [9.17, 15) is 13.2 Å². The zero-order valence-corrected chi connectivity index (χ0v) is 11.6. The van der Waals surface area contributed by atoms with E-state index in [1.54, 1.807) is 18.2 Å². The van der Waals surface area contributed by atoms with Crippen LogP contribution in [-0.2, 0) is 6.54 Å². The van der Waals surface area contributed by atoms with E-state index in [0.29, 0.717) is 11.4 Å². The molecular formula is C13H18F3NS. The number of halogens is 3. The highest BCUT2D eigenvalue weighted by Crippen LogP contribution is 2.27. The Morgan fingerprint density at radius 1 is 1.17 bits per heavy atom. The summed E-state index contributed by atoms with van der Waals surface area (Å²) in [5.41, 5.74) is 0.992. The summed E-state index contributed by atoms with van der Waals surface area (Å²) in [6, 6.07) is 7.21. The average Bonchev–Trinajstić information content (AvgIpc) is 2.22. The lowest BCUT2D eigenvalue weighted by molar-refractivity contribution is -0.105. The molecule has 0 heterocycles. The molecule has 1 aromatic rings. The summed E-state index contributed by atoms with van der Waals surface area (Å²) >= 11 is 0.822. The smallest absolute Gasteiger partial charge is 0.308 e. The molecule has 0 aliphatic carbocycles. The molecule has 0 amide bonds. The highest BCUT2D eigenvalue weighted by Gasteiger charge is 2.27. The van der Waals surface area contributed by atoms with Crippen LogP contribution in [0.2, 0.25) is 0 Å². The first-order valence-electron chi connectivity index (χ1n) is 5.69. The number of nitrogens with one attached hydrogen (secondary N) is 1. The number of rotatable bonds is 4. The Hall–Kier alpha value is -0.680. The van der Waals surface area contributed by atoms with Crippen molar-refractivity contribution >= 4 is 11.8 Å². The molecule has 0 fully saturated rings. The van der Waals surface area contributed by atoms with Crippen molar-refractivity contribution in [2.45, 2.75) is 43.9 Å². The lowest BCUT2D eigenvalue weighted by Gasteiger charge is -2.20. The van der Waals surface area contributed by atoms with Crippen LogP contribution in [0.1, 0.15) is 26.3 Å². The molecule has 0 bridgehead atoms. The molecule has 0 radical (unpaired) electrons. The second-order valence-corrected chi connectivity index (χ2v) is 6.20. The highest BCUT2D eigenvalue weighted by atomic mass is 32.2. The van der Waals surface area contributed by atoms with E-state index in [4.69, 9.17) is 0 Å². The summed E-state index contributed by atoms with van der Waals surface area (Å²) in [5.74, 6) is -0.844. The average molecular weight is 277 g/mol. The Bertz CT molecular complexity index is 349. The summed E-state index contributed by atoms with van der Waals surface area (Å²) < 4.78 is 36.3. The Balaban J connectivity index is 2.57. The van der Waals surface area contributed by atoms with Crippen LogP contribution in [0.15, 0.2) is 29.2 Å². The molecule has 0 saturated carbocycles. The monoisotopic (exact) mass is 277 g/mol. The molecular weight excluding hydrogens is 259 g/mol. The number of alkyl halides is 3. The van der Waals surface area contributed by atoms with Gasteiger partial charge in [-0.3, -0.25) is 0 Å². The summed E-state index contributed by atoms with van der Waals surface area (Å²) in [6.07, 6.45) is -4.12. The molecule has 1 rings (SSSR count). The largest absolute Gasteiger partial charge is 0.398 e. The summed E-state index contributed by atoms with van der Waals surface area (Å²) in [6.45, 7) is 6.81. The predicted molar refractivity (Wildman–Crippen MR) is 69.8 cm³/mol. The minimum absolute atomic E-state index is 0.00484. The van der Waals surface area contributed by atoms with Crippen molar-refractivity contribution in [1.29, 1.82) is 0 Å². The topological polar surface area (TPSA) is 12.0 Å². The van der Waals surface area contributed by atoms with Gasteiger partial charge in [0.1, 0.15) is 0 Å². The molecule has 0 spiro atoms. The van der Waals surface area contributed by atoms with Crippen LogP contribution in [0.3, 0.4) is 0 Å². The van der Waals surface area contributed by atoms with Gasteiger partial charge in [-0.15, -0.1) is 11.8 Å². The van der Waals surface area contributed by atoms with Crippen LogP contribution in [0.5, 0.6) is 0 Å². The molecule has 0 unspecified atom stereocenters. The summed E-state index contributed by atoms with van der Waals surface area (Å²) in [5, 5.41) is 3.31. The third-order valence-corrected chi connectivity index (χ3v) is 3.18. The molecule has 18 heavy (non-hydrogen) atoms. The van der Waals surface area contributed by atoms with Gasteiger partial charge in [0.15, 0.2) is 0 Å². The van der Waals surface area contributed by atoms with Gasteiger partial charge in [0, 0.05) is 17.0 Å². The summed E-state index contributed by atoms with van der Waals surface area (Å²) in [4.78, 5) is 0.653. The molecule has 1 aromatic carbocycles. The molecule has 0 aliphatic heterocycles. The number of thioether (sulfide) groups is 1. The first-order chi connectivity index (χ1) is 8.16. The zero-order chi connectivity index (χ0) is 13.8. The quantitative estimate of drug-likeness (QED) is 0.827. The standard InChI is InChI=1S/C13H18F3NS/c1-12(2,3)17-8-10-5-4-6-11(7-10)18-9-13(14,15)16/h4-7,17H,8-9H2,1-3H3. The van der Waals surface area contributed by atoms with Gasteiger partial charge < -0.3 is 5.32 Å². The lowest BCUT2D eigenvalue weighted by atomic mass is 10.1. The third kappa shape index (κ3) is 6.91. The number of hydrogen-bond donors (Lipinski definition) is 1. The lowest BCUT2D eigenvalue weighted by Crippen LogP contribution is -2.35. The molecule has 1 N–H and O–H groups in total. The van der Waals surface area contributed by atoms with E-state index in [1.165, 1.54) is 0 Å². The fourth-order valence-electron chi connectivity index (χ4n) is 1.28. The number of benzene rings is 1. The van der Waals surface area contributed by atoms with Crippen LogP contribution in [0.4, 0.5) is 13.2 Å². The van der Waals surface area contributed by atoms with Crippen molar-refractivity contribution in [2.75, 3.05) is 5.75 Å².